The lowest BCUT2D eigenvalue weighted by atomic mass is 10.1. The number of aromatic carboxylic acids is 1. The fourth-order valence-electron chi connectivity index (χ4n) is 1.55. The lowest BCUT2D eigenvalue weighted by Gasteiger charge is -2.05. The first-order valence-electron chi connectivity index (χ1n) is 5.61. The van der Waals surface area contributed by atoms with Crippen molar-refractivity contribution in [3.63, 3.8) is 0 Å². The summed E-state index contributed by atoms with van der Waals surface area (Å²) in [6.07, 6.45) is 1.30. The standard InChI is InChI=1S/C14H9N3O3/c15-8-9-2-1-3-10(6-9)13(18)17-12-7-11(14(19)20)4-5-16-12/h1-7H,(H,19,20)(H,16,17,18). The van der Waals surface area contributed by atoms with Crippen LogP contribution in [0.5, 0.6) is 0 Å². The topological polar surface area (TPSA) is 103 Å². The first-order chi connectivity index (χ1) is 9.60. The van der Waals surface area contributed by atoms with Gasteiger partial charge in [0.05, 0.1) is 17.2 Å². The number of carboxylic acids is 1. The number of carboxylic acid groups (broad SMARTS) is 1. The van der Waals surface area contributed by atoms with Gasteiger partial charge in [-0.25, -0.2) is 9.78 Å². The molecule has 0 radical (unpaired) electrons. The molecule has 0 bridgehead atoms. The second kappa shape index (κ2) is 5.63. The van der Waals surface area contributed by atoms with Gasteiger partial charge in [-0.05, 0) is 30.3 Å². The highest BCUT2D eigenvalue weighted by Crippen LogP contribution is 2.10. The van der Waals surface area contributed by atoms with Crippen molar-refractivity contribution in [2.75, 3.05) is 5.32 Å². The molecule has 0 fully saturated rings. The highest BCUT2D eigenvalue weighted by molar-refractivity contribution is 6.04. The van der Waals surface area contributed by atoms with E-state index >= 15 is 0 Å². The van der Waals surface area contributed by atoms with Crippen LogP contribution in [-0.2, 0) is 0 Å². The van der Waals surface area contributed by atoms with Crippen molar-refractivity contribution in [3.8, 4) is 6.07 Å². The summed E-state index contributed by atoms with van der Waals surface area (Å²) >= 11 is 0. The summed E-state index contributed by atoms with van der Waals surface area (Å²) in [6.45, 7) is 0. The zero-order valence-electron chi connectivity index (χ0n) is 10.2. The minimum absolute atomic E-state index is 0.0288. The molecule has 0 unspecified atom stereocenters. The number of rotatable bonds is 3. The predicted octanol–water partition coefficient (Wildman–Crippen LogP) is 1.90. The van der Waals surface area contributed by atoms with Crippen molar-refractivity contribution in [3.05, 3.63) is 59.3 Å². The molecular formula is C14H9N3O3. The van der Waals surface area contributed by atoms with Gasteiger partial charge >= 0.3 is 5.97 Å². The number of pyridine rings is 1. The first kappa shape index (κ1) is 13.2. The number of nitriles is 1. The Balaban J connectivity index is 2.21. The smallest absolute Gasteiger partial charge is 0.335 e. The highest BCUT2D eigenvalue weighted by atomic mass is 16.4. The molecule has 98 valence electrons. The maximum Gasteiger partial charge on any atom is 0.335 e. The van der Waals surface area contributed by atoms with E-state index in [0.29, 0.717) is 11.1 Å². The number of carbonyl (C=O) groups is 2. The monoisotopic (exact) mass is 267 g/mol. The molecule has 2 aromatic rings. The summed E-state index contributed by atoms with van der Waals surface area (Å²) < 4.78 is 0. The number of nitrogens with one attached hydrogen (secondary N) is 1. The Bertz CT molecular complexity index is 720. The Morgan fingerprint density at radius 2 is 2.00 bits per heavy atom. The van der Waals surface area contributed by atoms with Crippen LogP contribution in [0.2, 0.25) is 0 Å². The zero-order chi connectivity index (χ0) is 14.5. The van der Waals surface area contributed by atoms with E-state index in [2.05, 4.69) is 10.3 Å². The molecule has 0 aliphatic heterocycles. The number of anilines is 1. The van der Waals surface area contributed by atoms with Crippen LogP contribution in [-0.4, -0.2) is 22.0 Å². The molecular weight excluding hydrogens is 258 g/mol. The highest BCUT2D eigenvalue weighted by Gasteiger charge is 2.09. The first-order valence-corrected chi connectivity index (χ1v) is 5.61. The number of amides is 1. The van der Waals surface area contributed by atoms with Gasteiger partial charge in [0, 0.05) is 11.8 Å². The van der Waals surface area contributed by atoms with Crippen LogP contribution < -0.4 is 5.32 Å². The van der Waals surface area contributed by atoms with Crippen LogP contribution >= 0.6 is 0 Å². The molecule has 0 aliphatic carbocycles. The number of hydrogen-bond donors (Lipinski definition) is 2. The zero-order valence-corrected chi connectivity index (χ0v) is 10.2. The largest absolute Gasteiger partial charge is 0.478 e. The van der Waals surface area contributed by atoms with E-state index in [4.69, 9.17) is 10.4 Å². The van der Waals surface area contributed by atoms with Gasteiger partial charge in [-0.1, -0.05) is 6.07 Å². The molecule has 1 aromatic carbocycles. The molecule has 1 heterocycles. The van der Waals surface area contributed by atoms with E-state index in [1.165, 1.54) is 24.4 Å². The molecule has 0 saturated heterocycles. The van der Waals surface area contributed by atoms with Gasteiger partial charge in [-0.2, -0.15) is 5.26 Å². The normalized spacial score (nSPS) is 9.55. The van der Waals surface area contributed by atoms with Gasteiger partial charge in [-0.15, -0.1) is 0 Å². The van der Waals surface area contributed by atoms with Gasteiger partial charge in [0.25, 0.3) is 5.91 Å². The quantitative estimate of drug-likeness (QED) is 0.884. The average Bonchev–Trinajstić information content (AvgIpc) is 2.47. The Morgan fingerprint density at radius 1 is 1.20 bits per heavy atom. The van der Waals surface area contributed by atoms with Crippen LogP contribution in [0.25, 0.3) is 0 Å². The van der Waals surface area contributed by atoms with Crippen LogP contribution in [0.4, 0.5) is 5.82 Å². The number of hydrogen-bond acceptors (Lipinski definition) is 4. The Hall–Kier alpha value is -3.20. The van der Waals surface area contributed by atoms with E-state index in [1.54, 1.807) is 18.2 Å². The maximum absolute atomic E-state index is 12.0. The van der Waals surface area contributed by atoms with Crippen molar-refractivity contribution >= 4 is 17.7 Å². The van der Waals surface area contributed by atoms with Crippen molar-refractivity contribution in [1.29, 1.82) is 5.26 Å². The molecule has 2 rings (SSSR count). The number of benzene rings is 1. The summed E-state index contributed by atoms with van der Waals surface area (Å²) in [6, 6.07) is 10.7. The molecule has 1 aromatic heterocycles. The maximum atomic E-state index is 12.0. The van der Waals surface area contributed by atoms with Gasteiger partial charge in [0.1, 0.15) is 5.82 Å². The van der Waals surface area contributed by atoms with Crippen molar-refractivity contribution in [2.45, 2.75) is 0 Å². The number of nitrogens with zero attached hydrogens (tertiary/aromatic N) is 2. The van der Waals surface area contributed by atoms with E-state index in [-0.39, 0.29) is 11.4 Å². The van der Waals surface area contributed by atoms with Crippen LogP contribution in [0, 0.1) is 11.3 Å². The van der Waals surface area contributed by atoms with E-state index in [0.717, 1.165) is 0 Å². The Kier molecular flexibility index (Phi) is 3.72. The molecule has 1 amide bonds. The van der Waals surface area contributed by atoms with Gasteiger partial charge in [-0.3, -0.25) is 4.79 Å². The Morgan fingerprint density at radius 3 is 2.70 bits per heavy atom. The van der Waals surface area contributed by atoms with E-state index < -0.39 is 11.9 Å². The van der Waals surface area contributed by atoms with Crippen LogP contribution in [0.15, 0.2) is 42.6 Å². The molecule has 0 saturated carbocycles. The van der Waals surface area contributed by atoms with Crippen molar-refractivity contribution in [2.24, 2.45) is 0 Å². The third-order valence-electron chi connectivity index (χ3n) is 2.50. The van der Waals surface area contributed by atoms with Crippen molar-refractivity contribution in [1.82, 2.24) is 4.98 Å². The molecule has 6 heteroatoms. The number of carbonyl (C=O) groups excluding carboxylic acids is 1. The van der Waals surface area contributed by atoms with Crippen LogP contribution in [0.3, 0.4) is 0 Å². The summed E-state index contributed by atoms with van der Waals surface area (Å²) in [5, 5.41) is 20.1. The molecule has 20 heavy (non-hydrogen) atoms. The average molecular weight is 267 g/mol. The summed E-state index contributed by atoms with van der Waals surface area (Å²) in [5.41, 5.74) is 0.692. The Labute approximate surface area is 114 Å². The molecule has 0 aliphatic rings. The summed E-state index contributed by atoms with van der Waals surface area (Å²) in [7, 11) is 0. The second-order valence-corrected chi connectivity index (χ2v) is 3.88. The molecule has 0 atom stereocenters. The van der Waals surface area contributed by atoms with Crippen molar-refractivity contribution < 1.29 is 14.7 Å². The van der Waals surface area contributed by atoms with Crippen LogP contribution in [0.1, 0.15) is 26.3 Å². The summed E-state index contributed by atoms with van der Waals surface area (Å²) in [4.78, 5) is 26.6. The minimum Gasteiger partial charge on any atom is -0.478 e. The lowest BCUT2D eigenvalue weighted by Crippen LogP contribution is -2.13. The van der Waals surface area contributed by atoms with E-state index in [1.807, 2.05) is 6.07 Å². The van der Waals surface area contributed by atoms with Gasteiger partial charge in [0.15, 0.2) is 0 Å². The van der Waals surface area contributed by atoms with Gasteiger partial charge in [0.2, 0.25) is 0 Å². The fourth-order valence-corrected chi connectivity index (χ4v) is 1.55. The fraction of sp³-hybridized carbons (Fsp3) is 0. The predicted molar refractivity (Wildman–Crippen MR) is 70.3 cm³/mol. The van der Waals surface area contributed by atoms with E-state index in [9.17, 15) is 9.59 Å². The van der Waals surface area contributed by atoms with Gasteiger partial charge < -0.3 is 10.4 Å². The lowest BCUT2D eigenvalue weighted by molar-refractivity contribution is 0.0696. The third-order valence-corrected chi connectivity index (χ3v) is 2.50. The molecule has 2 N–H and O–H groups in total. The molecule has 0 spiro atoms. The SMILES string of the molecule is N#Cc1cccc(C(=O)Nc2cc(C(=O)O)ccn2)c1. The third kappa shape index (κ3) is 2.97. The summed E-state index contributed by atoms with van der Waals surface area (Å²) in [5.74, 6) is -1.43. The molecule has 6 nitrogen and oxygen atoms in total. The number of aromatic nitrogens is 1. The second-order valence-electron chi connectivity index (χ2n) is 3.88. The minimum atomic E-state index is -1.10.